The summed E-state index contributed by atoms with van der Waals surface area (Å²) in [6, 6.07) is 13.1. The molecule has 6 heteroatoms. The molecule has 1 aliphatic rings. The summed E-state index contributed by atoms with van der Waals surface area (Å²) in [4.78, 5) is 17.9. The van der Waals surface area contributed by atoms with Gasteiger partial charge in [-0.3, -0.25) is 4.79 Å². The summed E-state index contributed by atoms with van der Waals surface area (Å²) >= 11 is 6.07. The van der Waals surface area contributed by atoms with Gasteiger partial charge in [0.2, 0.25) is 0 Å². The van der Waals surface area contributed by atoms with Crippen molar-refractivity contribution in [1.29, 1.82) is 0 Å². The molecule has 26 heavy (non-hydrogen) atoms. The van der Waals surface area contributed by atoms with Gasteiger partial charge in [-0.1, -0.05) is 29.8 Å². The smallest absolute Gasteiger partial charge is 0.260 e. The van der Waals surface area contributed by atoms with Gasteiger partial charge in [-0.15, -0.1) is 0 Å². The van der Waals surface area contributed by atoms with Crippen LogP contribution in [0.4, 0.5) is 0 Å². The minimum absolute atomic E-state index is 0.0100. The molecule has 0 unspecified atom stereocenters. The molecule has 1 amide bonds. The predicted molar refractivity (Wildman–Crippen MR) is 101 cm³/mol. The van der Waals surface area contributed by atoms with Gasteiger partial charge >= 0.3 is 0 Å². The van der Waals surface area contributed by atoms with Crippen molar-refractivity contribution in [1.82, 2.24) is 9.88 Å². The number of H-pyrrole nitrogens is 1. The molecule has 1 N–H and O–H groups in total. The summed E-state index contributed by atoms with van der Waals surface area (Å²) in [5.41, 5.74) is 3.35. The first-order valence-electron chi connectivity index (χ1n) is 8.48. The Bertz CT molecular complexity index is 967. The van der Waals surface area contributed by atoms with Crippen molar-refractivity contribution in [3.8, 4) is 11.5 Å². The fourth-order valence-electron chi connectivity index (χ4n) is 3.38. The number of fused-ring (bicyclic) bond motifs is 3. The van der Waals surface area contributed by atoms with Crippen LogP contribution in [0, 0.1) is 0 Å². The van der Waals surface area contributed by atoms with Crippen LogP contribution < -0.4 is 9.47 Å². The fraction of sp³-hybridized carbons (Fsp3) is 0.250. The summed E-state index contributed by atoms with van der Waals surface area (Å²) in [5, 5.41) is 1.82. The Morgan fingerprint density at radius 2 is 2.04 bits per heavy atom. The van der Waals surface area contributed by atoms with E-state index in [1.807, 2.05) is 41.3 Å². The summed E-state index contributed by atoms with van der Waals surface area (Å²) < 4.78 is 10.9. The number of para-hydroxylation sites is 2. The van der Waals surface area contributed by atoms with Crippen LogP contribution >= 0.6 is 11.6 Å². The Morgan fingerprint density at radius 1 is 1.23 bits per heavy atom. The van der Waals surface area contributed by atoms with E-state index in [1.54, 1.807) is 13.2 Å². The van der Waals surface area contributed by atoms with E-state index in [9.17, 15) is 4.79 Å². The summed E-state index contributed by atoms with van der Waals surface area (Å²) in [6.45, 7) is 1.23. The SMILES string of the molecule is COc1ccccc1OCC(=O)N1CCc2[nH]c3cc(Cl)ccc3c2C1. The van der Waals surface area contributed by atoms with E-state index in [4.69, 9.17) is 21.1 Å². The minimum Gasteiger partial charge on any atom is -0.493 e. The van der Waals surface area contributed by atoms with Crippen LogP contribution in [0.5, 0.6) is 11.5 Å². The number of aromatic amines is 1. The topological polar surface area (TPSA) is 54.6 Å². The molecule has 0 fully saturated rings. The van der Waals surface area contributed by atoms with Crippen molar-refractivity contribution < 1.29 is 14.3 Å². The van der Waals surface area contributed by atoms with Gasteiger partial charge in [0.15, 0.2) is 18.1 Å². The first kappa shape index (κ1) is 16.8. The zero-order valence-corrected chi connectivity index (χ0v) is 15.2. The van der Waals surface area contributed by atoms with Crippen molar-refractivity contribution in [2.45, 2.75) is 13.0 Å². The maximum atomic E-state index is 12.6. The molecular weight excluding hydrogens is 352 g/mol. The van der Waals surface area contributed by atoms with Gasteiger partial charge in [0, 0.05) is 46.7 Å². The molecule has 4 rings (SSSR count). The molecule has 0 radical (unpaired) electrons. The molecule has 2 heterocycles. The van der Waals surface area contributed by atoms with Crippen LogP contribution in [0.1, 0.15) is 11.3 Å². The number of methoxy groups -OCH3 is 1. The van der Waals surface area contributed by atoms with E-state index in [-0.39, 0.29) is 12.5 Å². The normalized spacial score (nSPS) is 13.5. The highest BCUT2D eigenvalue weighted by atomic mass is 35.5. The van der Waals surface area contributed by atoms with Crippen LogP contribution in [-0.4, -0.2) is 36.1 Å². The van der Waals surface area contributed by atoms with E-state index in [0.717, 1.165) is 22.9 Å². The predicted octanol–water partition coefficient (Wildman–Crippen LogP) is 3.79. The van der Waals surface area contributed by atoms with E-state index < -0.39 is 0 Å². The molecule has 2 aromatic carbocycles. The van der Waals surface area contributed by atoms with Crippen molar-refractivity contribution in [2.75, 3.05) is 20.3 Å². The first-order chi connectivity index (χ1) is 12.7. The average molecular weight is 371 g/mol. The summed E-state index contributed by atoms with van der Waals surface area (Å²) in [7, 11) is 1.58. The van der Waals surface area contributed by atoms with Crippen molar-refractivity contribution in [3.63, 3.8) is 0 Å². The van der Waals surface area contributed by atoms with E-state index in [1.165, 1.54) is 5.69 Å². The van der Waals surface area contributed by atoms with Crippen molar-refractivity contribution in [3.05, 3.63) is 58.7 Å². The molecule has 5 nitrogen and oxygen atoms in total. The number of nitrogens with zero attached hydrogens (tertiary/aromatic N) is 1. The quantitative estimate of drug-likeness (QED) is 0.760. The largest absolute Gasteiger partial charge is 0.493 e. The molecule has 0 aliphatic carbocycles. The Morgan fingerprint density at radius 3 is 2.85 bits per heavy atom. The van der Waals surface area contributed by atoms with Crippen LogP contribution in [0.3, 0.4) is 0 Å². The highest BCUT2D eigenvalue weighted by molar-refractivity contribution is 6.31. The molecule has 1 aromatic heterocycles. The second-order valence-electron chi connectivity index (χ2n) is 6.28. The Hall–Kier alpha value is -2.66. The van der Waals surface area contributed by atoms with E-state index >= 15 is 0 Å². The number of carbonyl (C=O) groups excluding carboxylic acids is 1. The number of aromatic nitrogens is 1. The maximum Gasteiger partial charge on any atom is 0.260 e. The first-order valence-corrected chi connectivity index (χ1v) is 8.86. The molecular formula is C20H19ClN2O3. The summed E-state index contributed by atoms with van der Waals surface area (Å²) in [6.07, 6.45) is 0.794. The minimum atomic E-state index is -0.0372. The maximum absolute atomic E-state index is 12.6. The number of carbonyl (C=O) groups is 1. The van der Waals surface area contributed by atoms with Gasteiger partial charge in [-0.05, 0) is 24.3 Å². The number of nitrogens with one attached hydrogen (secondary N) is 1. The number of hydrogen-bond donors (Lipinski definition) is 1. The average Bonchev–Trinajstić information content (AvgIpc) is 3.02. The van der Waals surface area contributed by atoms with Crippen LogP contribution in [0.15, 0.2) is 42.5 Å². The van der Waals surface area contributed by atoms with Crippen molar-refractivity contribution in [2.24, 2.45) is 0 Å². The van der Waals surface area contributed by atoms with Crippen LogP contribution in [0.25, 0.3) is 10.9 Å². The second-order valence-corrected chi connectivity index (χ2v) is 6.71. The number of rotatable bonds is 4. The number of halogens is 1. The molecule has 0 atom stereocenters. The number of ether oxygens (including phenoxy) is 2. The second kappa shape index (κ2) is 6.92. The van der Waals surface area contributed by atoms with Gasteiger partial charge in [-0.25, -0.2) is 0 Å². The molecule has 134 valence electrons. The van der Waals surface area contributed by atoms with Gasteiger partial charge in [0.05, 0.1) is 7.11 Å². The van der Waals surface area contributed by atoms with Gasteiger partial charge in [-0.2, -0.15) is 0 Å². The number of hydrogen-bond acceptors (Lipinski definition) is 3. The van der Waals surface area contributed by atoms with Gasteiger partial charge < -0.3 is 19.4 Å². The highest BCUT2D eigenvalue weighted by Gasteiger charge is 2.24. The van der Waals surface area contributed by atoms with E-state index in [2.05, 4.69) is 4.98 Å². The third kappa shape index (κ3) is 3.10. The molecule has 0 saturated carbocycles. The monoisotopic (exact) mass is 370 g/mol. The summed E-state index contributed by atoms with van der Waals surface area (Å²) in [5.74, 6) is 1.15. The fourth-order valence-corrected chi connectivity index (χ4v) is 3.55. The Balaban J connectivity index is 1.48. The van der Waals surface area contributed by atoms with Gasteiger partial charge in [0.25, 0.3) is 5.91 Å². The van der Waals surface area contributed by atoms with Gasteiger partial charge in [0.1, 0.15) is 0 Å². The number of amides is 1. The van der Waals surface area contributed by atoms with Crippen LogP contribution in [0.2, 0.25) is 5.02 Å². The Labute approximate surface area is 156 Å². The van der Waals surface area contributed by atoms with Crippen molar-refractivity contribution >= 4 is 28.4 Å². The third-order valence-electron chi connectivity index (χ3n) is 4.71. The lowest BCUT2D eigenvalue weighted by Crippen LogP contribution is -2.38. The molecule has 0 spiro atoms. The zero-order chi connectivity index (χ0) is 18.1. The zero-order valence-electron chi connectivity index (χ0n) is 14.4. The van der Waals surface area contributed by atoms with Crippen LogP contribution in [-0.2, 0) is 17.8 Å². The Kier molecular flexibility index (Phi) is 4.47. The third-order valence-corrected chi connectivity index (χ3v) is 4.95. The molecule has 0 saturated heterocycles. The molecule has 3 aromatic rings. The standard InChI is InChI=1S/C20H19ClN2O3/c1-25-18-4-2-3-5-19(18)26-12-20(24)23-9-8-16-15(11-23)14-7-6-13(21)10-17(14)22-16/h2-7,10,22H,8-9,11-12H2,1H3. The lowest BCUT2D eigenvalue weighted by molar-refractivity contribution is -0.134. The highest BCUT2D eigenvalue weighted by Crippen LogP contribution is 2.30. The van der Waals surface area contributed by atoms with E-state index in [0.29, 0.717) is 29.6 Å². The molecule has 0 bridgehead atoms. The lowest BCUT2D eigenvalue weighted by atomic mass is 10.0. The molecule has 1 aliphatic heterocycles. The lowest BCUT2D eigenvalue weighted by Gasteiger charge is -2.27. The number of benzene rings is 2.